The van der Waals surface area contributed by atoms with Crippen LogP contribution in [0.5, 0.6) is 0 Å². The average molecular weight is 439 g/mol. The van der Waals surface area contributed by atoms with Crippen molar-refractivity contribution in [2.75, 3.05) is 0 Å². The van der Waals surface area contributed by atoms with Crippen molar-refractivity contribution >= 4 is 5.91 Å². The summed E-state index contributed by atoms with van der Waals surface area (Å²) in [5, 5.41) is 0. The summed E-state index contributed by atoms with van der Waals surface area (Å²) in [6.45, 7) is 1.74. The molecule has 0 atom stereocenters. The Balaban J connectivity index is 6.64. The summed E-state index contributed by atoms with van der Waals surface area (Å²) in [6.07, 6.45) is -7.68. The third-order valence-corrected chi connectivity index (χ3v) is 3.00. The van der Waals surface area contributed by atoms with Gasteiger partial charge >= 0.3 is 41.7 Å². The zero-order chi connectivity index (χ0) is 22.7. The monoisotopic (exact) mass is 439 g/mol. The highest BCUT2D eigenvalue weighted by molar-refractivity contribution is 5.93. The molecule has 0 rings (SSSR count). The summed E-state index contributed by atoms with van der Waals surface area (Å²) >= 11 is 0. The quantitative estimate of drug-likeness (QED) is 0.464. The van der Waals surface area contributed by atoms with Gasteiger partial charge in [-0.3, -0.25) is 4.79 Å². The highest BCUT2D eigenvalue weighted by Gasteiger charge is 2.93. The number of hydrogen-bond acceptors (Lipinski definition) is 1. The zero-order valence-electron chi connectivity index (χ0n) is 11.9. The van der Waals surface area contributed by atoms with Gasteiger partial charge in [0.15, 0.2) is 0 Å². The van der Waals surface area contributed by atoms with Gasteiger partial charge < -0.3 is 5.73 Å². The van der Waals surface area contributed by atoms with Gasteiger partial charge in [0.25, 0.3) is 0 Å². The van der Waals surface area contributed by atoms with Crippen LogP contribution in [0.4, 0.5) is 65.9 Å². The molecule has 160 valence electrons. The van der Waals surface area contributed by atoms with Gasteiger partial charge in [0.1, 0.15) is 0 Å². The molecule has 0 unspecified atom stereocenters. The predicted molar refractivity (Wildman–Crippen MR) is 54.1 cm³/mol. The molecule has 0 aromatic carbocycles. The van der Waals surface area contributed by atoms with Crippen LogP contribution in [-0.4, -0.2) is 47.6 Å². The number of carbonyl (C=O) groups excluding carboxylic acids is 1. The van der Waals surface area contributed by atoms with Crippen molar-refractivity contribution in [2.45, 2.75) is 41.7 Å². The van der Waals surface area contributed by atoms with E-state index in [0.717, 1.165) is 0 Å². The lowest BCUT2D eigenvalue weighted by Gasteiger charge is -2.41. The molecule has 0 spiro atoms. The average Bonchev–Trinajstić information content (AvgIpc) is 2.43. The molecule has 0 saturated carbocycles. The van der Waals surface area contributed by atoms with Gasteiger partial charge in [-0.1, -0.05) is 6.58 Å². The van der Waals surface area contributed by atoms with Crippen molar-refractivity contribution in [3.05, 3.63) is 12.2 Å². The molecule has 0 aromatic rings. The number of halogens is 15. The first-order valence-corrected chi connectivity index (χ1v) is 5.68. The molecule has 1 amide bonds. The van der Waals surface area contributed by atoms with Crippen LogP contribution in [-0.2, 0) is 4.79 Å². The molecule has 0 aromatic heterocycles. The number of rotatable bonds is 7. The van der Waals surface area contributed by atoms with Crippen LogP contribution in [0, 0.1) is 0 Å². The smallest absolute Gasteiger partial charge is 0.366 e. The fourth-order valence-corrected chi connectivity index (χ4v) is 1.31. The molecule has 17 heteroatoms. The zero-order valence-corrected chi connectivity index (χ0v) is 11.9. The summed E-state index contributed by atoms with van der Waals surface area (Å²) in [6, 6.07) is 0. The predicted octanol–water partition coefficient (Wildman–Crippen LogP) is 4.40. The first kappa shape index (κ1) is 25.2. The number of hydrogen-bond donors (Lipinski definition) is 1. The lowest BCUT2D eigenvalue weighted by molar-refractivity contribution is -0.450. The van der Waals surface area contributed by atoms with Gasteiger partial charge in [0.05, 0.1) is 5.57 Å². The van der Waals surface area contributed by atoms with E-state index in [1.807, 2.05) is 0 Å². The Morgan fingerprint density at radius 2 is 0.815 bits per heavy atom. The van der Waals surface area contributed by atoms with E-state index in [-0.39, 0.29) is 0 Å². The maximum Gasteiger partial charge on any atom is 0.460 e. The molecule has 0 aliphatic heterocycles. The Labute approximate surface area is 137 Å². The molecule has 0 bridgehead atoms. The first-order valence-electron chi connectivity index (χ1n) is 5.68. The van der Waals surface area contributed by atoms with Gasteiger partial charge in [-0.05, 0) is 0 Å². The fourth-order valence-electron chi connectivity index (χ4n) is 1.31. The number of primary amides is 1. The van der Waals surface area contributed by atoms with Gasteiger partial charge in [0.2, 0.25) is 5.91 Å². The molecule has 0 heterocycles. The van der Waals surface area contributed by atoms with E-state index >= 15 is 0 Å². The van der Waals surface area contributed by atoms with E-state index < -0.39 is 53.2 Å². The van der Waals surface area contributed by atoms with Crippen LogP contribution >= 0.6 is 0 Å². The van der Waals surface area contributed by atoms with Crippen LogP contribution in [0.15, 0.2) is 12.2 Å². The molecule has 0 aliphatic rings. The van der Waals surface area contributed by atoms with E-state index in [2.05, 4.69) is 5.73 Å². The van der Waals surface area contributed by atoms with E-state index in [9.17, 15) is 70.7 Å². The SMILES string of the molecule is C=C(C(N)=O)C(F)(F)C(F)(F)C(F)(F)C(F)(F)C(F)(F)C(F)(F)C(F)(F)F. The Hall–Kier alpha value is -1.84. The highest BCUT2D eigenvalue weighted by atomic mass is 19.4. The molecule has 27 heavy (non-hydrogen) atoms. The summed E-state index contributed by atoms with van der Waals surface area (Å²) < 4.78 is 191. The van der Waals surface area contributed by atoms with Crippen LogP contribution in [0.1, 0.15) is 0 Å². The van der Waals surface area contributed by atoms with Crippen LogP contribution in [0.2, 0.25) is 0 Å². The lowest BCUT2D eigenvalue weighted by Crippen LogP contribution is -2.73. The highest BCUT2D eigenvalue weighted by Crippen LogP contribution is 2.62. The fraction of sp³-hybridized carbons (Fsp3) is 0.700. The van der Waals surface area contributed by atoms with Crippen molar-refractivity contribution in [2.24, 2.45) is 5.73 Å². The Bertz CT molecular complexity index is 617. The van der Waals surface area contributed by atoms with E-state index in [1.54, 1.807) is 6.58 Å². The summed E-state index contributed by atoms with van der Waals surface area (Å²) in [7, 11) is 0. The standard InChI is InChI=1S/C10H4F15NO/c1-2(3(26)27)4(11,12)5(13,14)6(15,16)7(17,18)8(19,20)9(21,22)10(23,24)25/h1H2,(H2,26,27). The minimum Gasteiger partial charge on any atom is -0.366 e. The maximum atomic E-state index is 13.2. The number of nitrogens with two attached hydrogens (primary N) is 1. The van der Waals surface area contributed by atoms with Gasteiger partial charge in [-0.15, -0.1) is 0 Å². The molecule has 2 nitrogen and oxygen atoms in total. The maximum absolute atomic E-state index is 13.2. The van der Waals surface area contributed by atoms with Crippen molar-refractivity contribution in [3.63, 3.8) is 0 Å². The summed E-state index contributed by atoms with van der Waals surface area (Å²) in [5.74, 6) is -50.5. The van der Waals surface area contributed by atoms with Crippen molar-refractivity contribution in [3.8, 4) is 0 Å². The van der Waals surface area contributed by atoms with Crippen LogP contribution in [0.3, 0.4) is 0 Å². The van der Waals surface area contributed by atoms with Crippen molar-refractivity contribution < 1.29 is 70.7 Å². The van der Waals surface area contributed by atoms with Crippen molar-refractivity contribution in [1.29, 1.82) is 0 Å². The minimum atomic E-state index is -8.41. The second-order valence-electron chi connectivity index (χ2n) is 4.79. The Morgan fingerprint density at radius 1 is 0.556 bits per heavy atom. The molecule has 2 N–H and O–H groups in total. The molecule has 0 saturated heterocycles. The summed E-state index contributed by atoms with van der Waals surface area (Å²) in [4.78, 5) is 10.3. The van der Waals surface area contributed by atoms with E-state index in [1.165, 1.54) is 0 Å². The molecular formula is C10H4F15NO. The van der Waals surface area contributed by atoms with E-state index in [0.29, 0.717) is 0 Å². The minimum absolute atomic E-state index is 1.74. The first-order chi connectivity index (χ1) is 11.4. The summed E-state index contributed by atoms with van der Waals surface area (Å²) in [5.41, 5.74) is 0.935. The Morgan fingerprint density at radius 3 is 1.07 bits per heavy atom. The molecule has 0 fully saturated rings. The van der Waals surface area contributed by atoms with Gasteiger partial charge in [-0.2, -0.15) is 65.9 Å². The third-order valence-electron chi connectivity index (χ3n) is 3.00. The van der Waals surface area contributed by atoms with Crippen LogP contribution < -0.4 is 5.73 Å². The third kappa shape index (κ3) is 3.07. The molecule has 0 aliphatic carbocycles. The van der Waals surface area contributed by atoms with Crippen molar-refractivity contribution in [1.82, 2.24) is 0 Å². The molecular weight excluding hydrogens is 435 g/mol. The topological polar surface area (TPSA) is 43.1 Å². The largest absolute Gasteiger partial charge is 0.460 e. The molecule has 0 radical (unpaired) electrons. The van der Waals surface area contributed by atoms with Crippen LogP contribution in [0.25, 0.3) is 0 Å². The lowest BCUT2D eigenvalue weighted by atomic mass is 9.89. The number of alkyl halides is 15. The second kappa shape index (κ2) is 6.08. The second-order valence-corrected chi connectivity index (χ2v) is 4.79. The number of amides is 1. The van der Waals surface area contributed by atoms with Gasteiger partial charge in [-0.25, -0.2) is 0 Å². The number of carbonyl (C=O) groups is 1. The van der Waals surface area contributed by atoms with Gasteiger partial charge in [0, 0.05) is 0 Å². The van der Waals surface area contributed by atoms with E-state index in [4.69, 9.17) is 0 Å². The Kier molecular flexibility index (Phi) is 5.67. The normalized spacial score (nSPS) is 15.7.